The number of piperidine rings is 1. The summed E-state index contributed by atoms with van der Waals surface area (Å²) in [6.45, 7) is 0.526. The molecule has 2 atom stereocenters. The fraction of sp³-hybridized carbons (Fsp3) is 0.600. The van der Waals surface area contributed by atoms with Crippen molar-refractivity contribution >= 4 is 15.7 Å². The van der Waals surface area contributed by atoms with Gasteiger partial charge < -0.3 is 10.6 Å². The minimum absolute atomic E-state index is 0.249. The van der Waals surface area contributed by atoms with Crippen molar-refractivity contribution in [1.29, 1.82) is 0 Å². The molecule has 2 fully saturated rings. The third-order valence-electron chi connectivity index (χ3n) is 4.93. The van der Waals surface area contributed by atoms with E-state index in [4.69, 9.17) is 5.73 Å². The van der Waals surface area contributed by atoms with Crippen LogP contribution in [0.3, 0.4) is 0 Å². The molecule has 2 saturated heterocycles. The molecule has 1 aromatic rings. The van der Waals surface area contributed by atoms with Crippen LogP contribution in [0.2, 0.25) is 0 Å². The molecule has 21 heavy (non-hydrogen) atoms. The number of benzene rings is 1. The second-order valence-electron chi connectivity index (χ2n) is 6.31. The Labute approximate surface area is 126 Å². The highest BCUT2D eigenvalue weighted by molar-refractivity contribution is 7.89. The summed E-state index contributed by atoms with van der Waals surface area (Å²) >= 11 is 0. The Balaban J connectivity index is 1.63. The Hall–Kier alpha value is -1.11. The molecule has 0 saturated carbocycles. The standard InChI is InChI=1S/C15H23N3O2S/c1-18-13-5-6-14(18)8-11(7-13)10-17-21(19,20)15-4-2-3-12(16)9-15/h2-4,9,11,13-14,17H,5-8,10,16H2,1H3. The van der Waals surface area contributed by atoms with Crippen molar-refractivity contribution in [3.63, 3.8) is 0 Å². The van der Waals surface area contributed by atoms with E-state index in [9.17, 15) is 8.42 Å². The first kappa shape index (κ1) is 14.8. The molecular formula is C15H23N3O2S. The molecule has 2 aliphatic rings. The van der Waals surface area contributed by atoms with E-state index in [0.717, 1.165) is 12.8 Å². The Kier molecular flexibility index (Phi) is 3.94. The summed E-state index contributed by atoms with van der Waals surface area (Å²) in [7, 11) is -1.26. The molecule has 2 bridgehead atoms. The number of nitrogens with zero attached hydrogens (tertiary/aromatic N) is 1. The lowest BCUT2D eigenvalue weighted by Crippen LogP contribution is -2.43. The number of nitrogens with two attached hydrogens (primary N) is 1. The van der Waals surface area contributed by atoms with Gasteiger partial charge in [-0.1, -0.05) is 6.07 Å². The molecule has 2 unspecified atom stereocenters. The summed E-state index contributed by atoms with van der Waals surface area (Å²) in [6.07, 6.45) is 4.68. The highest BCUT2D eigenvalue weighted by atomic mass is 32.2. The maximum atomic E-state index is 12.3. The highest BCUT2D eigenvalue weighted by Gasteiger charge is 2.38. The van der Waals surface area contributed by atoms with Crippen molar-refractivity contribution in [2.45, 2.75) is 42.7 Å². The lowest BCUT2D eigenvalue weighted by atomic mass is 9.91. The monoisotopic (exact) mass is 309 g/mol. The molecule has 116 valence electrons. The van der Waals surface area contributed by atoms with E-state index in [2.05, 4.69) is 16.7 Å². The second-order valence-corrected chi connectivity index (χ2v) is 8.08. The van der Waals surface area contributed by atoms with Gasteiger partial charge in [-0.25, -0.2) is 13.1 Å². The van der Waals surface area contributed by atoms with Gasteiger partial charge in [0.2, 0.25) is 10.0 Å². The summed E-state index contributed by atoms with van der Waals surface area (Å²) < 4.78 is 27.3. The van der Waals surface area contributed by atoms with Crippen LogP contribution in [-0.4, -0.2) is 39.0 Å². The first-order valence-corrected chi connectivity index (χ1v) is 9.01. The Morgan fingerprint density at radius 1 is 1.29 bits per heavy atom. The van der Waals surface area contributed by atoms with Crippen LogP contribution in [0.5, 0.6) is 0 Å². The zero-order valence-electron chi connectivity index (χ0n) is 12.3. The van der Waals surface area contributed by atoms with Crippen molar-refractivity contribution in [2.75, 3.05) is 19.3 Å². The predicted octanol–water partition coefficient (Wildman–Crippen LogP) is 1.42. The minimum atomic E-state index is -3.45. The Morgan fingerprint density at radius 3 is 2.57 bits per heavy atom. The highest BCUT2D eigenvalue weighted by Crippen LogP contribution is 2.37. The lowest BCUT2D eigenvalue weighted by Gasteiger charge is -2.36. The molecule has 6 heteroatoms. The van der Waals surface area contributed by atoms with Gasteiger partial charge in [0.25, 0.3) is 0 Å². The van der Waals surface area contributed by atoms with E-state index in [0.29, 0.717) is 30.2 Å². The number of hydrogen-bond donors (Lipinski definition) is 2. The number of nitrogens with one attached hydrogen (secondary N) is 1. The van der Waals surface area contributed by atoms with Gasteiger partial charge in [-0.3, -0.25) is 0 Å². The average molecular weight is 309 g/mol. The molecule has 1 aromatic carbocycles. The van der Waals surface area contributed by atoms with Gasteiger partial charge in [0, 0.05) is 24.3 Å². The van der Waals surface area contributed by atoms with Gasteiger partial charge in [-0.15, -0.1) is 0 Å². The fourth-order valence-corrected chi connectivity index (χ4v) is 4.85. The first-order valence-electron chi connectivity index (χ1n) is 7.53. The lowest BCUT2D eigenvalue weighted by molar-refractivity contribution is 0.135. The number of nitrogen functional groups attached to an aromatic ring is 1. The van der Waals surface area contributed by atoms with Gasteiger partial charge in [0.15, 0.2) is 0 Å². The first-order chi connectivity index (χ1) is 9.95. The van der Waals surface area contributed by atoms with Crippen molar-refractivity contribution in [3.8, 4) is 0 Å². The average Bonchev–Trinajstić information content (AvgIpc) is 2.67. The summed E-state index contributed by atoms with van der Waals surface area (Å²) in [6, 6.07) is 7.70. The molecule has 0 spiro atoms. The van der Waals surface area contributed by atoms with Crippen molar-refractivity contribution in [3.05, 3.63) is 24.3 Å². The molecule has 3 rings (SSSR count). The number of rotatable bonds is 4. The van der Waals surface area contributed by atoms with Gasteiger partial charge in [0.05, 0.1) is 4.90 Å². The molecule has 2 heterocycles. The molecule has 2 aliphatic heterocycles. The van der Waals surface area contributed by atoms with E-state index < -0.39 is 10.0 Å². The number of hydrogen-bond acceptors (Lipinski definition) is 4. The minimum Gasteiger partial charge on any atom is -0.399 e. The largest absolute Gasteiger partial charge is 0.399 e. The molecular weight excluding hydrogens is 286 g/mol. The van der Waals surface area contributed by atoms with Crippen LogP contribution in [0.25, 0.3) is 0 Å². The fourth-order valence-electron chi connectivity index (χ4n) is 3.68. The molecule has 0 amide bonds. The quantitative estimate of drug-likeness (QED) is 0.825. The smallest absolute Gasteiger partial charge is 0.240 e. The van der Waals surface area contributed by atoms with Crippen LogP contribution in [0.1, 0.15) is 25.7 Å². The van der Waals surface area contributed by atoms with Crippen LogP contribution in [-0.2, 0) is 10.0 Å². The SMILES string of the molecule is CN1C2CCC1CC(CNS(=O)(=O)c1cccc(N)c1)C2. The van der Waals surface area contributed by atoms with Crippen molar-refractivity contribution < 1.29 is 8.42 Å². The summed E-state index contributed by atoms with van der Waals surface area (Å²) in [5.74, 6) is 0.439. The molecule has 3 N–H and O–H groups in total. The topological polar surface area (TPSA) is 75.4 Å². The van der Waals surface area contributed by atoms with Gasteiger partial charge in [-0.05, 0) is 56.8 Å². The normalized spacial score (nSPS) is 29.7. The Bertz CT molecular complexity index is 603. The zero-order valence-corrected chi connectivity index (χ0v) is 13.1. The maximum absolute atomic E-state index is 12.3. The summed E-state index contributed by atoms with van der Waals surface area (Å²) in [5.41, 5.74) is 6.12. The third kappa shape index (κ3) is 3.07. The van der Waals surface area contributed by atoms with E-state index in [1.165, 1.54) is 18.9 Å². The summed E-state index contributed by atoms with van der Waals surface area (Å²) in [4.78, 5) is 2.71. The zero-order chi connectivity index (χ0) is 15.0. The number of anilines is 1. The van der Waals surface area contributed by atoms with Gasteiger partial charge in [-0.2, -0.15) is 0 Å². The predicted molar refractivity (Wildman–Crippen MR) is 83.3 cm³/mol. The molecule has 0 aromatic heterocycles. The van der Waals surface area contributed by atoms with E-state index in [1.54, 1.807) is 18.2 Å². The van der Waals surface area contributed by atoms with Crippen LogP contribution in [0.4, 0.5) is 5.69 Å². The van der Waals surface area contributed by atoms with Crippen LogP contribution >= 0.6 is 0 Å². The number of sulfonamides is 1. The van der Waals surface area contributed by atoms with Crippen molar-refractivity contribution in [1.82, 2.24) is 9.62 Å². The maximum Gasteiger partial charge on any atom is 0.240 e. The summed E-state index contributed by atoms with van der Waals surface area (Å²) in [5, 5.41) is 0. The molecule has 5 nitrogen and oxygen atoms in total. The van der Waals surface area contributed by atoms with E-state index in [-0.39, 0.29) is 4.90 Å². The van der Waals surface area contributed by atoms with Gasteiger partial charge >= 0.3 is 0 Å². The Morgan fingerprint density at radius 2 is 1.95 bits per heavy atom. The second kappa shape index (κ2) is 5.59. The number of fused-ring (bicyclic) bond motifs is 2. The molecule has 0 aliphatic carbocycles. The van der Waals surface area contributed by atoms with E-state index in [1.807, 2.05) is 0 Å². The van der Waals surface area contributed by atoms with Gasteiger partial charge in [0.1, 0.15) is 0 Å². The van der Waals surface area contributed by atoms with Crippen LogP contribution in [0.15, 0.2) is 29.2 Å². The third-order valence-corrected chi connectivity index (χ3v) is 6.35. The van der Waals surface area contributed by atoms with Crippen LogP contribution < -0.4 is 10.5 Å². The van der Waals surface area contributed by atoms with E-state index >= 15 is 0 Å². The van der Waals surface area contributed by atoms with Crippen LogP contribution in [0, 0.1) is 5.92 Å². The molecule has 0 radical (unpaired) electrons. The van der Waals surface area contributed by atoms with Crippen molar-refractivity contribution in [2.24, 2.45) is 5.92 Å².